The van der Waals surface area contributed by atoms with Gasteiger partial charge in [0.2, 0.25) is 11.6 Å². The molecule has 0 radical (unpaired) electrons. The number of carbonyl (C=O) groups is 1. The molecule has 9 heteroatoms. The lowest BCUT2D eigenvalue weighted by molar-refractivity contribution is 0.252. The van der Waals surface area contributed by atoms with Gasteiger partial charge in [0, 0.05) is 5.02 Å². The third-order valence-electron chi connectivity index (χ3n) is 2.00. The molecule has 8 nitrogen and oxygen atoms in total. The molecule has 0 aliphatic rings. The Labute approximate surface area is 112 Å². The molecule has 4 N–H and O–H groups in total. The van der Waals surface area contributed by atoms with Crippen LogP contribution in [-0.2, 0) is 0 Å². The molecule has 0 atom stereocenters. The minimum atomic E-state index is -0.618. The molecule has 1 aromatic carbocycles. The van der Waals surface area contributed by atoms with Crippen molar-refractivity contribution in [1.29, 1.82) is 0 Å². The molecule has 2 amide bonds. The maximum Gasteiger partial charge on any atom is 0.340 e. The zero-order chi connectivity index (χ0) is 13.7. The molecule has 0 bridgehead atoms. The highest BCUT2D eigenvalue weighted by atomic mass is 35.5. The van der Waals surface area contributed by atoms with E-state index in [2.05, 4.69) is 30.8 Å². The predicted molar refractivity (Wildman–Crippen MR) is 69.9 cm³/mol. The van der Waals surface area contributed by atoms with E-state index < -0.39 is 6.03 Å². The van der Waals surface area contributed by atoms with Crippen LogP contribution in [-0.4, -0.2) is 22.6 Å². The molecule has 0 aliphatic heterocycles. The Bertz CT molecular complexity index is 594. The number of anilines is 2. The Hall–Kier alpha value is -2.61. The fourth-order valence-electron chi connectivity index (χ4n) is 1.13. The van der Waals surface area contributed by atoms with Crippen molar-refractivity contribution in [3.05, 3.63) is 34.9 Å². The van der Waals surface area contributed by atoms with E-state index in [0.717, 1.165) is 5.56 Å². The molecule has 0 saturated carbocycles. The highest BCUT2D eigenvalue weighted by molar-refractivity contribution is 6.30. The fourth-order valence-corrected chi connectivity index (χ4v) is 1.26. The van der Waals surface area contributed by atoms with E-state index in [-0.39, 0.29) is 11.6 Å². The summed E-state index contributed by atoms with van der Waals surface area (Å²) in [5.41, 5.74) is 8.38. The summed E-state index contributed by atoms with van der Waals surface area (Å²) in [5.74, 6) is 0.0102. The van der Waals surface area contributed by atoms with Gasteiger partial charge in [-0.2, -0.15) is 5.10 Å². The second-order valence-corrected chi connectivity index (χ2v) is 3.81. The van der Waals surface area contributed by atoms with E-state index in [9.17, 15) is 4.79 Å². The molecule has 0 aliphatic carbocycles. The topological polar surface area (TPSA) is 118 Å². The van der Waals surface area contributed by atoms with E-state index >= 15 is 0 Å². The van der Waals surface area contributed by atoms with E-state index in [0.29, 0.717) is 5.02 Å². The van der Waals surface area contributed by atoms with E-state index in [1.165, 1.54) is 6.21 Å². The van der Waals surface area contributed by atoms with Crippen molar-refractivity contribution in [2.75, 3.05) is 11.1 Å². The van der Waals surface area contributed by atoms with Crippen molar-refractivity contribution < 1.29 is 9.42 Å². The molecule has 0 saturated heterocycles. The number of nitrogens with two attached hydrogens (primary N) is 1. The average molecular weight is 281 g/mol. The van der Waals surface area contributed by atoms with Crippen molar-refractivity contribution in [3.8, 4) is 0 Å². The zero-order valence-electron chi connectivity index (χ0n) is 9.50. The van der Waals surface area contributed by atoms with Gasteiger partial charge in [0.15, 0.2) is 0 Å². The maximum atomic E-state index is 11.4. The largest absolute Gasteiger partial charge is 0.378 e. The number of nitrogens with zero attached hydrogens (tertiary/aromatic N) is 3. The lowest BCUT2D eigenvalue weighted by Gasteiger charge is -1.99. The molecule has 0 unspecified atom stereocenters. The molecular weight excluding hydrogens is 272 g/mol. The smallest absolute Gasteiger partial charge is 0.340 e. The van der Waals surface area contributed by atoms with Crippen LogP contribution in [0.25, 0.3) is 0 Å². The van der Waals surface area contributed by atoms with Crippen molar-refractivity contribution >= 4 is 35.5 Å². The molecule has 2 rings (SSSR count). The first-order chi connectivity index (χ1) is 9.15. The summed E-state index contributed by atoms with van der Waals surface area (Å²) >= 11 is 5.73. The molecule has 2 aromatic rings. The number of nitrogens with one attached hydrogen (secondary N) is 2. The second-order valence-electron chi connectivity index (χ2n) is 3.37. The lowest BCUT2D eigenvalue weighted by Crippen LogP contribution is -2.24. The second kappa shape index (κ2) is 5.83. The fraction of sp³-hybridized carbons (Fsp3) is 0. The lowest BCUT2D eigenvalue weighted by atomic mass is 10.2. The summed E-state index contributed by atoms with van der Waals surface area (Å²) in [6.45, 7) is 0. The van der Waals surface area contributed by atoms with Gasteiger partial charge in [-0.25, -0.2) is 14.8 Å². The quantitative estimate of drug-likeness (QED) is 0.581. The third kappa shape index (κ3) is 3.68. The normalized spacial score (nSPS) is 10.6. The number of carbonyl (C=O) groups excluding carboxylic acids is 1. The highest BCUT2D eigenvalue weighted by Crippen LogP contribution is 2.10. The number of rotatable bonds is 3. The minimum absolute atomic E-state index is 0.0168. The summed E-state index contributed by atoms with van der Waals surface area (Å²) < 4.78 is 4.31. The SMILES string of the molecule is Nc1nonc1NC(=O)NN=Cc1ccc(Cl)cc1. The minimum Gasteiger partial charge on any atom is -0.378 e. The van der Waals surface area contributed by atoms with Crippen molar-refractivity contribution in [3.63, 3.8) is 0 Å². The Morgan fingerprint density at radius 1 is 1.37 bits per heavy atom. The average Bonchev–Trinajstić information content (AvgIpc) is 2.78. The summed E-state index contributed by atoms with van der Waals surface area (Å²) in [6, 6.07) is 6.32. The summed E-state index contributed by atoms with van der Waals surface area (Å²) in [6.07, 6.45) is 1.46. The van der Waals surface area contributed by atoms with Crippen LogP contribution in [0.15, 0.2) is 34.0 Å². The first-order valence-corrected chi connectivity index (χ1v) is 5.46. The number of aromatic nitrogens is 2. The Balaban J connectivity index is 1.86. The molecule has 19 heavy (non-hydrogen) atoms. The van der Waals surface area contributed by atoms with Crippen LogP contribution in [0.4, 0.5) is 16.4 Å². The van der Waals surface area contributed by atoms with Crippen molar-refractivity contribution in [1.82, 2.24) is 15.7 Å². The number of nitrogen functional groups attached to an aromatic ring is 1. The molecule has 0 fully saturated rings. The van der Waals surface area contributed by atoms with Gasteiger partial charge in [0.25, 0.3) is 0 Å². The third-order valence-corrected chi connectivity index (χ3v) is 2.25. The van der Waals surface area contributed by atoms with Crippen LogP contribution in [0.1, 0.15) is 5.56 Å². The van der Waals surface area contributed by atoms with Gasteiger partial charge in [-0.1, -0.05) is 23.7 Å². The number of halogens is 1. The van der Waals surface area contributed by atoms with Crippen molar-refractivity contribution in [2.45, 2.75) is 0 Å². The van der Waals surface area contributed by atoms with Gasteiger partial charge < -0.3 is 5.73 Å². The molecule has 98 valence electrons. The van der Waals surface area contributed by atoms with Crippen LogP contribution in [0.5, 0.6) is 0 Å². The van der Waals surface area contributed by atoms with Crippen molar-refractivity contribution in [2.24, 2.45) is 5.10 Å². The molecule has 0 spiro atoms. The summed E-state index contributed by atoms with van der Waals surface area (Å²) in [4.78, 5) is 11.4. The molecule has 1 aromatic heterocycles. The number of amides is 2. The van der Waals surface area contributed by atoms with Crippen LogP contribution >= 0.6 is 11.6 Å². The maximum absolute atomic E-state index is 11.4. The first-order valence-electron chi connectivity index (χ1n) is 5.09. The number of benzene rings is 1. The van der Waals surface area contributed by atoms with Crippen LogP contribution < -0.4 is 16.5 Å². The van der Waals surface area contributed by atoms with Gasteiger partial charge in [0.1, 0.15) is 0 Å². The van der Waals surface area contributed by atoms with Gasteiger partial charge in [-0.05, 0) is 28.0 Å². The standard InChI is InChI=1S/C10H9ClN6O2/c11-7-3-1-6(2-4-7)5-13-15-10(18)14-9-8(12)16-19-17-9/h1-5H,(H2,12,16)(H2,14,15,17,18). The summed E-state index contributed by atoms with van der Waals surface area (Å²) in [5, 5.41) is 13.3. The number of hydrazone groups is 1. The van der Waals surface area contributed by atoms with E-state index in [1.54, 1.807) is 24.3 Å². The molecule has 1 heterocycles. The number of hydrogen-bond donors (Lipinski definition) is 3. The number of urea groups is 1. The number of hydrogen-bond acceptors (Lipinski definition) is 6. The Kier molecular flexibility index (Phi) is 3.94. The van der Waals surface area contributed by atoms with Gasteiger partial charge >= 0.3 is 6.03 Å². The van der Waals surface area contributed by atoms with Crippen LogP contribution in [0.2, 0.25) is 5.02 Å². The van der Waals surface area contributed by atoms with Gasteiger partial charge in [0.05, 0.1) is 6.21 Å². The van der Waals surface area contributed by atoms with Gasteiger partial charge in [-0.3, -0.25) is 5.32 Å². The monoisotopic (exact) mass is 280 g/mol. The van der Waals surface area contributed by atoms with Gasteiger partial charge in [-0.15, -0.1) is 0 Å². The Morgan fingerprint density at radius 3 is 2.74 bits per heavy atom. The summed E-state index contributed by atoms with van der Waals surface area (Å²) in [7, 11) is 0. The Morgan fingerprint density at radius 2 is 2.11 bits per heavy atom. The van der Waals surface area contributed by atoms with Crippen LogP contribution in [0.3, 0.4) is 0 Å². The van der Waals surface area contributed by atoms with E-state index in [4.69, 9.17) is 17.3 Å². The zero-order valence-corrected chi connectivity index (χ0v) is 10.3. The van der Waals surface area contributed by atoms with Crippen LogP contribution in [0, 0.1) is 0 Å². The van der Waals surface area contributed by atoms with E-state index in [1.807, 2.05) is 0 Å². The highest BCUT2D eigenvalue weighted by Gasteiger charge is 2.08. The predicted octanol–water partition coefficient (Wildman–Crippen LogP) is 1.46. The molecular formula is C10H9ClN6O2. The first kappa shape index (κ1) is 12.8.